The van der Waals surface area contributed by atoms with Gasteiger partial charge in [-0.3, -0.25) is 9.52 Å². The summed E-state index contributed by atoms with van der Waals surface area (Å²) in [5, 5.41) is 12.5. The molecule has 4 aromatic rings. The van der Waals surface area contributed by atoms with Crippen molar-refractivity contribution in [2.24, 2.45) is 0 Å². The minimum absolute atomic E-state index is 0.0149. The number of phenolic OH excluding ortho intramolecular Hbond substituents is 1. The topological polar surface area (TPSA) is 126 Å². The van der Waals surface area contributed by atoms with Crippen LogP contribution in [0.2, 0.25) is 0 Å². The third-order valence-electron chi connectivity index (χ3n) is 4.69. The first-order valence-electron chi connectivity index (χ1n) is 9.49. The fraction of sp³-hybridized carbons (Fsp3) is 0.0435. The summed E-state index contributed by atoms with van der Waals surface area (Å²) in [6.45, 7) is 1.90. The molecule has 3 N–H and O–H groups in total. The quantitative estimate of drug-likeness (QED) is 0.397. The highest BCUT2D eigenvalue weighted by Gasteiger charge is 2.17. The van der Waals surface area contributed by atoms with E-state index in [9.17, 15) is 23.1 Å². The molecule has 0 saturated heterocycles. The van der Waals surface area contributed by atoms with E-state index in [-0.39, 0.29) is 21.8 Å². The highest BCUT2D eigenvalue weighted by Crippen LogP contribution is 2.21. The molecule has 3 aromatic carbocycles. The number of amides is 1. The second kappa shape index (κ2) is 8.20. The van der Waals surface area contributed by atoms with Gasteiger partial charge in [-0.05, 0) is 61.5 Å². The summed E-state index contributed by atoms with van der Waals surface area (Å²) in [5.74, 6) is -0.771. The number of nitrogens with one attached hydrogen (secondary N) is 2. The molecule has 0 fully saturated rings. The molecule has 9 heteroatoms. The summed E-state index contributed by atoms with van der Waals surface area (Å²) >= 11 is 0. The lowest BCUT2D eigenvalue weighted by Crippen LogP contribution is -2.20. The minimum Gasteiger partial charge on any atom is -0.508 e. The summed E-state index contributed by atoms with van der Waals surface area (Å²) in [6, 6.07) is 18.0. The van der Waals surface area contributed by atoms with Gasteiger partial charge in [-0.2, -0.15) is 0 Å². The fourth-order valence-electron chi connectivity index (χ4n) is 3.01. The Kier molecular flexibility index (Phi) is 5.41. The Morgan fingerprint density at radius 2 is 1.56 bits per heavy atom. The van der Waals surface area contributed by atoms with Crippen molar-refractivity contribution >= 4 is 38.3 Å². The maximum Gasteiger partial charge on any atom is 0.349 e. The van der Waals surface area contributed by atoms with E-state index in [1.807, 2.05) is 6.92 Å². The van der Waals surface area contributed by atoms with E-state index in [0.717, 1.165) is 5.56 Å². The number of phenols is 1. The average molecular weight is 450 g/mol. The van der Waals surface area contributed by atoms with E-state index in [0.29, 0.717) is 16.8 Å². The molecule has 0 bridgehead atoms. The SMILES string of the molecule is Cc1ccc(NS(=O)(=O)c2ccc(NC(=O)c3cc4ccc(O)cc4oc3=O)cc2)cc1. The highest BCUT2D eigenvalue weighted by molar-refractivity contribution is 7.92. The molecule has 32 heavy (non-hydrogen) atoms. The Morgan fingerprint density at radius 3 is 2.25 bits per heavy atom. The summed E-state index contributed by atoms with van der Waals surface area (Å²) in [6.07, 6.45) is 0. The second-order valence-corrected chi connectivity index (χ2v) is 8.80. The van der Waals surface area contributed by atoms with Crippen LogP contribution in [0.3, 0.4) is 0 Å². The molecule has 1 aromatic heterocycles. The number of anilines is 2. The number of aromatic hydroxyl groups is 1. The molecule has 1 amide bonds. The van der Waals surface area contributed by atoms with Crippen LogP contribution in [0.5, 0.6) is 5.75 Å². The molecule has 1 heterocycles. The lowest BCUT2D eigenvalue weighted by Gasteiger charge is -2.10. The predicted molar refractivity (Wildman–Crippen MR) is 121 cm³/mol. The van der Waals surface area contributed by atoms with Crippen LogP contribution in [-0.4, -0.2) is 19.4 Å². The second-order valence-electron chi connectivity index (χ2n) is 7.12. The Hall–Kier alpha value is -4.11. The number of rotatable bonds is 5. The van der Waals surface area contributed by atoms with Crippen molar-refractivity contribution in [1.29, 1.82) is 0 Å². The van der Waals surface area contributed by atoms with Gasteiger partial charge in [-0.25, -0.2) is 13.2 Å². The van der Waals surface area contributed by atoms with Crippen LogP contribution in [-0.2, 0) is 10.0 Å². The van der Waals surface area contributed by atoms with Crippen LogP contribution in [0.4, 0.5) is 11.4 Å². The van der Waals surface area contributed by atoms with E-state index in [1.54, 1.807) is 24.3 Å². The van der Waals surface area contributed by atoms with Gasteiger partial charge in [0.05, 0.1) is 4.90 Å². The molecular formula is C23H18N2O6S. The van der Waals surface area contributed by atoms with Crippen LogP contribution in [0.1, 0.15) is 15.9 Å². The number of sulfonamides is 1. The van der Waals surface area contributed by atoms with Crippen LogP contribution < -0.4 is 15.7 Å². The maximum absolute atomic E-state index is 12.6. The standard InChI is InChI=1S/C23H18N2O6S/c1-14-2-5-17(6-3-14)25-32(29,30)19-10-7-16(8-11-19)24-22(27)20-12-15-4-9-18(26)13-21(15)31-23(20)28/h2-13,25-26H,1H3,(H,24,27). The maximum atomic E-state index is 12.6. The van der Waals surface area contributed by atoms with E-state index in [2.05, 4.69) is 10.0 Å². The monoisotopic (exact) mass is 450 g/mol. The van der Waals surface area contributed by atoms with Gasteiger partial charge >= 0.3 is 5.63 Å². The van der Waals surface area contributed by atoms with E-state index < -0.39 is 21.6 Å². The van der Waals surface area contributed by atoms with E-state index in [1.165, 1.54) is 48.5 Å². The Labute approximate surface area is 183 Å². The average Bonchev–Trinajstić information content (AvgIpc) is 2.75. The van der Waals surface area contributed by atoms with Crippen molar-refractivity contribution in [1.82, 2.24) is 0 Å². The van der Waals surface area contributed by atoms with Gasteiger partial charge < -0.3 is 14.8 Å². The van der Waals surface area contributed by atoms with E-state index in [4.69, 9.17) is 4.42 Å². The van der Waals surface area contributed by atoms with Crippen molar-refractivity contribution in [3.63, 3.8) is 0 Å². The predicted octanol–water partition coefficient (Wildman–Crippen LogP) is 3.86. The molecule has 162 valence electrons. The first kappa shape index (κ1) is 21.1. The molecule has 0 spiro atoms. The number of hydrogen-bond donors (Lipinski definition) is 3. The number of benzene rings is 3. The highest BCUT2D eigenvalue weighted by atomic mass is 32.2. The largest absolute Gasteiger partial charge is 0.508 e. The molecule has 0 unspecified atom stereocenters. The summed E-state index contributed by atoms with van der Waals surface area (Å²) in [4.78, 5) is 24.7. The zero-order valence-electron chi connectivity index (χ0n) is 16.8. The summed E-state index contributed by atoms with van der Waals surface area (Å²) < 4.78 is 32.7. The van der Waals surface area contributed by atoms with Crippen molar-refractivity contribution in [3.05, 3.63) is 94.3 Å². The fourth-order valence-corrected chi connectivity index (χ4v) is 4.07. The lowest BCUT2D eigenvalue weighted by atomic mass is 10.1. The van der Waals surface area contributed by atoms with Gasteiger partial charge in [0, 0.05) is 22.8 Å². The normalized spacial score (nSPS) is 11.3. The van der Waals surface area contributed by atoms with E-state index >= 15 is 0 Å². The Bertz CT molecular complexity index is 1470. The Morgan fingerprint density at radius 1 is 0.906 bits per heavy atom. The smallest absolute Gasteiger partial charge is 0.349 e. The first-order chi connectivity index (χ1) is 15.2. The zero-order chi connectivity index (χ0) is 22.9. The molecule has 0 atom stereocenters. The van der Waals surface area contributed by atoms with Crippen molar-refractivity contribution in [3.8, 4) is 5.75 Å². The number of aryl methyl sites for hydroxylation is 1. The third kappa shape index (κ3) is 4.47. The molecule has 0 saturated carbocycles. The summed E-state index contributed by atoms with van der Waals surface area (Å²) in [5.41, 5.74) is 0.815. The van der Waals surface area contributed by atoms with Crippen molar-refractivity contribution < 1.29 is 22.7 Å². The van der Waals surface area contributed by atoms with Crippen LogP contribution in [0, 0.1) is 6.92 Å². The van der Waals surface area contributed by atoms with Crippen molar-refractivity contribution in [2.45, 2.75) is 11.8 Å². The molecule has 0 aliphatic rings. The van der Waals surface area contributed by atoms with Crippen LogP contribution >= 0.6 is 0 Å². The van der Waals surface area contributed by atoms with Crippen molar-refractivity contribution in [2.75, 3.05) is 10.0 Å². The van der Waals surface area contributed by atoms with Gasteiger partial charge in [-0.1, -0.05) is 17.7 Å². The Balaban J connectivity index is 1.52. The molecule has 0 aliphatic carbocycles. The van der Waals surface area contributed by atoms with Crippen LogP contribution in [0.15, 0.2) is 86.9 Å². The van der Waals surface area contributed by atoms with Gasteiger partial charge in [0.25, 0.3) is 15.9 Å². The van der Waals surface area contributed by atoms with Gasteiger partial charge in [0.15, 0.2) is 0 Å². The van der Waals surface area contributed by atoms with Gasteiger partial charge in [-0.15, -0.1) is 0 Å². The number of hydrogen-bond acceptors (Lipinski definition) is 6. The molecule has 0 aliphatic heterocycles. The van der Waals surface area contributed by atoms with Gasteiger partial charge in [0.2, 0.25) is 0 Å². The number of carbonyl (C=O) groups is 1. The molecule has 8 nitrogen and oxygen atoms in total. The van der Waals surface area contributed by atoms with Gasteiger partial charge in [0.1, 0.15) is 16.9 Å². The zero-order valence-corrected chi connectivity index (χ0v) is 17.6. The molecular weight excluding hydrogens is 432 g/mol. The molecule has 0 radical (unpaired) electrons. The molecule has 4 rings (SSSR count). The number of carbonyl (C=O) groups excluding carboxylic acids is 1. The lowest BCUT2D eigenvalue weighted by molar-refractivity contribution is 0.102. The first-order valence-corrected chi connectivity index (χ1v) is 11.0. The number of fused-ring (bicyclic) bond motifs is 1. The van der Waals surface area contributed by atoms with Crippen LogP contribution in [0.25, 0.3) is 11.0 Å². The third-order valence-corrected chi connectivity index (χ3v) is 6.09. The summed E-state index contributed by atoms with van der Waals surface area (Å²) in [7, 11) is -3.81. The minimum atomic E-state index is -3.81.